The maximum absolute atomic E-state index is 11.5. The Labute approximate surface area is 121 Å². The largest absolute Gasteiger partial charge is 0.309 e. The Morgan fingerprint density at radius 2 is 2.05 bits per heavy atom. The Kier molecular flexibility index (Phi) is 3.41. The van der Waals surface area contributed by atoms with Crippen molar-refractivity contribution in [2.24, 2.45) is 11.3 Å². The molecule has 0 bridgehead atoms. The molecule has 0 amide bonds. The summed E-state index contributed by atoms with van der Waals surface area (Å²) in [5, 5.41) is 3.64. The molecule has 20 heavy (non-hydrogen) atoms. The van der Waals surface area contributed by atoms with Gasteiger partial charge in [-0.1, -0.05) is 38.1 Å². The molecule has 1 heterocycles. The zero-order valence-electron chi connectivity index (χ0n) is 12.2. The number of fused-ring (bicyclic) bond motifs is 1. The van der Waals surface area contributed by atoms with E-state index in [2.05, 4.69) is 43.4 Å². The van der Waals surface area contributed by atoms with Gasteiger partial charge in [-0.2, -0.15) is 0 Å². The average Bonchev–Trinajstić information content (AvgIpc) is 2.82. The molecule has 1 N–H and O–H groups in total. The van der Waals surface area contributed by atoms with E-state index in [4.69, 9.17) is 0 Å². The quantitative estimate of drug-likeness (QED) is 0.930. The topological polar surface area (TPSA) is 46.2 Å². The normalized spacial score (nSPS) is 30.3. The highest BCUT2D eigenvalue weighted by Gasteiger charge is 2.39. The fraction of sp³-hybridized carbons (Fsp3) is 0.625. The number of benzene rings is 1. The van der Waals surface area contributed by atoms with Crippen molar-refractivity contribution in [1.82, 2.24) is 5.32 Å². The van der Waals surface area contributed by atoms with Gasteiger partial charge in [0.1, 0.15) is 0 Å². The molecule has 0 saturated carbocycles. The Morgan fingerprint density at radius 3 is 2.75 bits per heavy atom. The first-order valence-corrected chi connectivity index (χ1v) is 9.21. The predicted octanol–water partition coefficient (Wildman–Crippen LogP) is 2.33. The van der Waals surface area contributed by atoms with Gasteiger partial charge < -0.3 is 5.32 Å². The molecule has 1 aliphatic carbocycles. The van der Waals surface area contributed by atoms with Crippen LogP contribution in [0.1, 0.15) is 37.4 Å². The van der Waals surface area contributed by atoms with Crippen molar-refractivity contribution in [3.8, 4) is 0 Å². The van der Waals surface area contributed by atoms with Crippen LogP contribution in [0.25, 0.3) is 0 Å². The second-order valence-corrected chi connectivity index (χ2v) is 9.20. The standard InChI is InChI=1S/C16H23NO2S/c1-16(2)9-13-5-3-4-6-14(13)15(16)17-10-12-7-8-20(18,19)11-12/h3-6,12,15,17H,7-11H2,1-2H3. The molecule has 2 aliphatic rings. The van der Waals surface area contributed by atoms with Crippen LogP contribution in [0.5, 0.6) is 0 Å². The second-order valence-electron chi connectivity index (χ2n) is 6.97. The van der Waals surface area contributed by atoms with Gasteiger partial charge in [-0.25, -0.2) is 8.42 Å². The highest BCUT2D eigenvalue weighted by Crippen LogP contribution is 2.45. The van der Waals surface area contributed by atoms with Gasteiger partial charge in [0.2, 0.25) is 0 Å². The van der Waals surface area contributed by atoms with E-state index in [1.54, 1.807) is 0 Å². The van der Waals surface area contributed by atoms with Gasteiger partial charge >= 0.3 is 0 Å². The van der Waals surface area contributed by atoms with Crippen LogP contribution in [0, 0.1) is 11.3 Å². The van der Waals surface area contributed by atoms with Crippen molar-refractivity contribution >= 4 is 9.84 Å². The van der Waals surface area contributed by atoms with E-state index in [9.17, 15) is 8.42 Å². The van der Waals surface area contributed by atoms with Crippen LogP contribution >= 0.6 is 0 Å². The van der Waals surface area contributed by atoms with Crippen molar-refractivity contribution < 1.29 is 8.42 Å². The van der Waals surface area contributed by atoms with Gasteiger partial charge in [-0.15, -0.1) is 0 Å². The zero-order chi connectivity index (χ0) is 14.4. The van der Waals surface area contributed by atoms with Gasteiger partial charge in [0, 0.05) is 6.04 Å². The molecule has 3 rings (SSSR count). The summed E-state index contributed by atoms with van der Waals surface area (Å²) in [7, 11) is -2.77. The summed E-state index contributed by atoms with van der Waals surface area (Å²) in [5.74, 6) is 1.00. The van der Waals surface area contributed by atoms with Crippen molar-refractivity contribution in [3.63, 3.8) is 0 Å². The van der Waals surface area contributed by atoms with Crippen molar-refractivity contribution in [3.05, 3.63) is 35.4 Å². The van der Waals surface area contributed by atoms with Crippen molar-refractivity contribution in [1.29, 1.82) is 0 Å². The minimum Gasteiger partial charge on any atom is -0.309 e. The van der Waals surface area contributed by atoms with Gasteiger partial charge in [0.05, 0.1) is 11.5 Å². The highest BCUT2D eigenvalue weighted by molar-refractivity contribution is 7.91. The lowest BCUT2D eigenvalue weighted by Gasteiger charge is -2.29. The van der Waals surface area contributed by atoms with Crippen molar-refractivity contribution in [2.75, 3.05) is 18.1 Å². The SMILES string of the molecule is CC1(C)Cc2ccccc2C1NCC1CCS(=O)(=O)C1. The molecule has 1 aromatic carbocycles. The first-order chi connectivity index (χ1) is 9.37. The van der Waals surface area contributed by atoms with Crippen LogP contribution in [0.4, 0.5) is 0 Å². The summed E-state index contributed by atoms with van der Waals surface area (Å²) >= 11 is 0. The molecule has 2 unspecified atom stereocenters. The summed E-state index contributed by atoms with van der Waals surface area (Å²) in [4.78, 5) is 0. The van der Waals surface area contributed by atoms with E-state index in [0.717, 1.165) is 19.4 Å². The summed E-state index contributed by atoms with van der Waals surface area (Å²) in [6.07, 6.45) is 1.90. The lowest BCUT2D eigenvalue weighted by Crippen LogP contribution is -2.34. The van der Waals surface area contributed by atoms with E-state index in [0.29, 0.717) is 17.5 Å². The lowest BCUT2D eigenvalue weighted by molar-refractivity contribution is 0.260. The molecule has 0 radical (unpaired) electrons. The van der Waals surface area contributed by atoms with Crippen LogP contribution in [0.3, 0.4) is 0 Å². The molecule has 1 saturated heterocycles. The van der Waals surface area contributed by atoms with E-state index in [-0.39, 0.29) is 11.3 Å². The number of sulfone groups is 1. The number of hydrogen-bond acceptors (Lipinski definition) is 3. The lowest BCUT2D eigenvalue weighted by atomic mass is 9.85. The molecule has 1 fully saturated rings. The first-order valence-electron chi connectivity index (χ1n) is 7.39. The summed E-state index contributed by atoms with van der Waals surface area (Å²) < 4.78 is 23.1. The number of nitrogens with one attached hydrogen (secondary N) is 1. The predicted molar refractivity (Wildman–Crippen MR) is 81.4 cm³/mol. The minimum absolute atomic E-state index is 0.196. The van der Waals surface area contributed by atoms with Crippen LogP contribution in [0.15, 0.2) is 24.3 Å². The van der Waals surface area contributed by atoms with E-state index >= 15 is 0 Å². The fourth-order valence-electron chi connectivity index (χ4n) is 3.69. The molecule has 1 aromatic rings. The van der Waals surface area contributed by atoms with Gasteiger partial charge in [0.15, 0.2) is 9.84 Å². The van der Waals surface area contributed by atoms with E-state index in [1.807, 2.05) is 0 Å². The summed E-state index contributed by atoms with van der Waals surface area (Å²) in [5.41, 5.74) is 3.01. The summed E-state index contributed by atoms with van der Waals surface area (Å²) in [6.45, 7) is 5.38. The monoisotopic (exact) mass is 293 g/mol. The van der Waals surface area contributed by atoms with Gasteiger partial charge in [-0.3, -0.25) is 0 Å². The third-order valence-corrected chi connectivity index (χ3v) is 6.57. The molecule has 4 heteroatoms. The first kappa shape index (κ1) is 14.1. The Hall–Kier alpha value is -0.870. The third-order valence-electron chi connectivity index (χ3n) is 4.73. The Morgan fingerprint density at radius 1 is 1.30 bits per heavy atom. The number of rotatable bonds is 3. The molecular formula is C16H23NO2S. The molecule has 0 spiro atoms. The molecule has 110 valence electrons. The van der Waals surface area contributed by atoms with Gasteiger partial charge in [-0.05, 0) is 41.8 Å². The maximum Gasteiger partial charge on any atom is 0.150 e. The third kappa shape index (κ3) is 2.63. The second kappa shape index (κ2) is 4.85. The Bertz CT molecular complexity index is 607. The molecule has 3 nitrogen and oxygen atoms in total. The maximum atomic E-state index is 11.5. The molecule has 2 atom stereocenters. The number of hydrogen-bond donors (Lipinski definition) is 1. The Balaban J connectivity index is 1.71. The van der Waals surface area contributed by atoms with Crippen LogP contribution in [-0.2, 0) is 16.3 Å². The average molecular weight is 293 g/mol. The minimum atomic E-state index is -2.77. The molecule has 1 aliphatic heterocycles. The van der Waals surface area contributed by atoms with E-state index in [1.165, 1.54) is 11.1 Å². The molecule has 0 aromatic heterocycles. The smallest absolute Gasteiger partial charge is 0.150 e. The zero-order valence-corrected chi connectivity index (χ0v) is 13.0. The van der Waals surface area contributed by atoms with E-state index < -0.39 is 9.84 Å². The molecular weight excluding hydrogens is 270 g/mol. The van der Waals surface area contributed by atoms with Gasteiger partial charge in [0.25, 0.3) is 0 Å². The van der Waals surface area contributed by atoms with Crippen LogP contribution < -0.4 is 5.32 Å². The van der Waals surface area contributed by atoms with Crippen molar-refractivity contribution in [2.45, 2.75) is 32.7 Å². The fourth-order valence-corrected chi connectivity index (χ4v) is 5.56. The highest BCUT2D eigenvalue weighted by atomic mass is 32.2. The van der Waals surface area contributed by atoms with Crippen LogP contribution in [-0.4, -0.2) is 26.5 Å². The van der Waals surface area contributed by atoms with Crippen LogP contribution in [0.2, 0.25) is 0 Å². The summed E-state index contributed by atoms with van der Waals surface area (Å²) in [6, 6.07) is 8.93.